The quantitative estimate of drug-likeness (QED) is 0.681. The maximum absolute atomic E-state index is 13.0. The SMILES string of the molecule is COC1CC(C(=O)Nc2ncc(N3CCCCC3=O)cn2)N(C(=O)Nc2ccc(Cl)cn2)C1. The van der Waals surface area contributed by atoms with Crippen molar-refractivity contribution in [1.82, 2.24) is 19.9 Å². The molecular weight excluding hydrogens is 450 g/mol. The summed E-state index contributed by atoms with van der Waals surface area (Å²) in [6.45, 7) is 0.867. The molecule has 2 aromatic heterocycles. The first kappa shape index (κ1) is 22.9. The fourth-order valence-electron chi connectivity index (χ4n) is 3.87. The van der Waals surface area contributed by atoms with Crippen LogP contribution in [0.25, 0.3) is 0 Å². The van der Waals surface area contributed by atoms with Gasteiger partial charge in [0.25, 0.3) is 0 Å². The number of ether oxygens (including phenoxy) is 1. The molecule has 4 heterocycles. The fourth-order valence-corrected chi connectivity index (χ4v) is 3.98. The van der Waals surface area contributed by atoms with Gasteiger partial charge >= 0.3 is 6.03 Å². The molecule has 2 N–H and O–H groups in total. The van der Waals surface area contributed by atoms with E-state index in [-0.39, 0.29) is 24.5 Å². The summed E-state index contributed by atoms with van der Waals surface area (Å²) in [5.74, 6) is 0.00926. The summed E-state index contributed by atoms with van der Waals surface area (Å²) in [6.07, 6.45) is 6.78. The smallest absolute Gasteiger partial charge is 0.323 e. The van der Waals surface area contributed by atoms with Crippen molar-refractivity contribution in [2.75, 3.05) is 35.7 Å². The lowest BCUT2D eigenvalue weighted by Crippen LogP contribution is -2.45. The number of halogens is 1. The number of hydrogen-bond acceptors (Lipinski definition) is 7. The van der Waals surface area contributed by atoms with Crippen LogP contribution in [0, 0.1) is 0 Å². The van der Waals surface area contributed by atoms with Gasteiger partial charge in [-0.3, -0.25) is 20.2 Å². The Morgan fingerprint density at radius 2 is 1.91 bits per heavy atom. The Morgan fingerprint density at radius 1 is 1.12 bits per heavy atom. The lowest BCUT2D eigenvalue weighted by Gasteiger charge is -2.26. The van der Waals surface area contributed by atoms with Gasteiger partial charge in [0.2, 0.25) is 17.8 Å². The van der Waals surface area contributed by atoms with Crippen LogP contribution in [0.3, 0.4) is 0 Å². The van der Waals surface area contributed by atoms with Gasteiger partial charge in [-0.25, -0.2) is 19.7 Å². The first-order chi connectivity index (χ1) is 15.9. The lowest BCUT2D eigenvalue weighted by molar-refractivity contribution is -0.120. The highest BCUT2D eigenvalue weighted by molar-refractivity contribution is 6.30. The predicted octanol–water partition coefficient (Wildman–Crippen LogP) is 2.30. The van der Waals surface area contributed by atoms with Gasteiger partial charge in [-0.2, -0.15) is 0 Å². The van der Waals surface area contributed by atoms with Crippen LogP contribution >= 0.6 is 11.6 Å². The molecule has 12 heteroatoms. The van der Waals surface area contributed by atoms with Crippen LogP contribution in [-0.4, -0.2) is 70.0 Å². The van der Waals surface area contributed by atoms with Crippen molar-refractivity contribution in [3.05, 3.63) is 35.7 Å². The van der Waals surface area contributed by atoms with Crippen LogP contribution in [-0.2, 0) is 14.3 Å². The third-order valence-electron chi connectivity index (χ3n) is 5.63. The Morgan fingerprint density at radius 3 is 2.58 bits per heavy atom. The molecule has 2 saturated heterocycles. The molecule has 4 amide bonds. The van der Waals surface area contributed by atoms with Crippen molar-refractivity contribution in [1.29, 1.82) is 0 Å². The number of carbonyl (C=O) groups excluding carboxylic acids is 3. The van der Waals surface area contributed by atoms with Gasteiger partial charge in [0, 0.05) is 39.2 Å². The van der Waals surface area contributed by atoms with Crippen molar-refractivity contribution < 1.29 is 19.1 Å². The average molecular weight is 474 g/mol. The molecular formula is C21H24ClN7O4. The number of piperidine rings is 1. The Hall–Kier alpha value is -3.31. The van der Waals surface area contributed by atoms with E-state index < -0.39 is 18.0 Å². The zero-order chi connectivity index (χ0) is 23.4. The first-order valence-corrected chi connectivity index (χ1v) is 11.0. The molecule has 0 aromatic carbocycles. The maximum atomic E-state index is 13.0. The summed E-state index contributed by atoms with van der Waals surface area (Å²) >= 11 is 5.83. The summed E-state index contributed by atoms with van der Waals surface area (Å²) in [7, 11) is 1.53. The van der Waals surface area contributed by atoms with E-state index in [1.807, 2.05) is 0 Å². The van der Waals surface area contributed by atoms with Gasteiger partial charge in [0.05, 0.1) is 29.2 Å². The molecule has 2 fully saturated rings. The molecule has 2 unspecified atom stereocenters. The number of aromatic nitrogens is 3. The van der Waals surface area contributed by atoms with Gasteiger partial charge < -0.3 is 14.5 Å². The van der Waals surface area contributed by atoms with E-state index in [4.69, 9.17) is 16.3 Å². The van der Waals surface area contributed by atoms with Crippen LogP contribution in [0.1, 0.15) is 25.7 Å². The summed E-state index contributed by atoms with van der Waals surface area (Å²) in [5.41, 5.74) is 0.592. The molecule has 33 heavy (non-hydrogen) atoms. The van der Waals surface area contributed by atoms with Crippen LogP contribution in [0.2, 0.25) is 5.02 Å². The van der Waals surface area contributed by atoms with E-state index in [1.165, 1.54) is 30.6 Å². The highest BCUT2D eigenvalue weighted by Gasteiger charge is 2.40. The molecule has 2 aliphatic rings. The zero-order valence-electron chi connectivity index (χ0n) is 18.0. The van der Waals surface area contributed by atoms with Crippen molar-refractivity contribution in [2.45, 2.75) is 37.8 Å². The summed E-state index contributed by atoms with van der Waals surface area (Å²) in [5, 5.41) is 5.76. The highest BCUT2D eigenvalue weighted by atomic mass is 35.5. The van der Waals surface area contributed by atoms with Crippen molar-refractivity contribution in [3.8, 4) is 0 Å². The molecule has 0 bridgehead atoms. The van der Waals surface area contributed by atoms with E-state index in [2.05, 4.69) is 25.6 Å². The molecule has 11 nitrogen and oxygen atoms in total. The molecule has 0 saturated carbocycles. The minimum atomic E-state index is -0.783. The number of anilines is 3. The normalized spacial score (nSPS) is 20.6. The molecule has 2 aromatic rings. The standard InChI is InChI=1S/C21H24ClN7O4/c1-33-15-8-16(29(12-15)21(32)26-17-6-5-13(22)9-23-17)19(31)27-20-24-10-14(11-25-20)28-7-3-2-4-18(28)30/h5-6,9-11,15-16H,2-4,7-8,12H2,1H3,(H,23,26,32)(H,24,25,27,31). The highest BCUT2D eigenvalue weighted by Crippen LogP contribution is 2.23. The lowest BCUT2D eigenvalue weighted by atomic mass is 10.1. The summed E-state index contributed by atoms with van der Waals surface area (Å²) in [4.78, 5) is 53.3. The van der Waals surface area contributed by atoms with Crippen molar-refractivity contribution >= 4 is 46.9 Å². The maximum Gasteiger partial charge on any atom is 0.323 e. The predicted molar refractivity (Wildman–Crippen MR) is 121 cm³/mol. The van der Waals surface area contributed by atoms with E-state index in [1.54, 1.807) is 17.0 Å². The fraction of sp³-hybridized carbons (Fsp3) is 0.429. The molecule has 2 aliphatic heterocycles. The molecule has 2 atom stereocenters. The Balaban J connectivity index is 1.42. The molecule has 0 radical (unpaired) electrons. The van der Waals surface area contributed by atoms with Crippen LogP contribution in [0.4, 0.5) is 22.2 Å². The minimum Gasteiger partial charge on any atom is -0.380 e. The van der Waals surface area contributed by atoms with Gasteiger partial charge in [-0.15, -0.1) is 0 Å². The third kappa shape index (κ3) is 5.37. The van der Waals surface area contributed by atoms with Gasteiger partial charge in [0.15, 0.2) is 0 Å². The Kier molecular flexibility index (Phi) is 6.99. The Bertz CT molecular complexity index is 1020. The molecule has 4 rings (SSSR count). The van der Waals surface area contributed by atoms with Crippen molar-refractivity contribution in [2.24, 2.45) is 0 Å². The van der Waals surface area contributed by atoms with E-state index in [9.17, 15) is 14.4 Å². The number of methoxy groups -OCH3 is 1. The number of urea groups is 1. The number of likely N-dealkylation sites (tertiary alicyclic amines) is 1. The number of pyridine rings is 1. The van der Waals surface area contributed by atoms with Gasteiger partial charge in [-0.05, 0) is 25.0 Å². The van der Waals surface area contributed by atoms with Crippen LogP contribution in [0.15, 0.2) is 30.7 Å². The second-order valence-corrected chi connectivity index (χ2v) is 8.25. The number of amides is 4. The number of rotatable bonds is 5. The molecule has 0 spiro atoms. The Labute approximate surface area is 195 Å². The topological polar surface area (TPSA) is 130 Å². The number of hydrogen-bond donors (Lipinski definition) is 2. The van der Waals surface area contributed by atoms with E-state index >= 15 is 0 Å². The van der Waals surface area contributed by atoms with E-state index in [0.29, 0.717) is 35.9 Å². The third-order valence-corrected chi connectivity index (χ3v) is 5.85. The number of carbonyl (C=O) groups is 3. The summed E-state index contributed by atoms with van der Waals surface area (Å²) < 4.78 is 5.38. The number of nitrogens with one attached hydrogen (secondary N) is 2. The van der Waals surface area contributed by atoms with Gasteiger partial charge in [-0.1, -0.05) is 11.6 Å². The molecule has 0 aliphatic carbocycles. The van der Waals surface area contributed by atoms with Gasteiger partial charge in [0.1, 0.15) is 11.9 Å². The number of nitrogens with zero attached hydrogens (tertiary/aromatic N) is 5. The van der Waals surface area contributed by atoms with Crippen molar-refractivity contribution in [3.63, 3.8) is 0 Å². The van der Waals surface area contributed by atoms with Crippen LogP contribution in [0.5, 0.6) is 0 Å². The summed E-state index contributed by atoms with van der Waals surface area (Å²) in [6, 6.07) is 1.91. The molecule has 174 valence electrons. The zero-order valence-corrected chi connectivity index (χ0v) is 18.8. The van der Waals surface area contributed by atoms with Crippen LogP contribution < -0.4 is 15.5 Å². The first-order valence-electron chi connectivity index (χ1n) is 10.6. The largest absolute Gasteiger partial charge is 0.380 e. The van der Waals surface area contributed by atoms with E-state index in [0.717, 1.165) is 12.8 Å². The minimum absolute atomic E-state index is 0.0371. The second kappa shape index (κ2) is 10.1. The second-order valence-electron chi connectivity index (χ2n) is 7.81. The average Bonchev–Trinajstić information content (AvgIpc) is 3.27. The monoisotopic (exact) mass is 473 g/mol.